The van der Waals surface area contributed by atoms with Crippen LogP contribution in [0.15, 0.2) is 30.5 Å². The Balaban J connectivity index is 2.21. The van der Waals surface area contributed by atoms with Gasteiger partial charge in [-0.3, -0.25) is 9.59 Å². The number of hydrogen-bond acceptors (Lipinski definition) is 9. The van der Waals surface area contributed by atoms with Crippen LogP contribution in [0.3, 0.4) is 0 Å². The highest BCUT2D eigenvalue weighted by atomic mass is 19.4. The smallest absolute Gasteiger partial charge is 0.392 e. The fourth-order valence-corrected chi connectivity index (χ4v) is 2.96. The van der Waals surface area contributed by atoms with Crippen LogP contribution in [0.2, 0.25) is 0 Å². The Labute approximate surface area is 204 Å². The molecule has 1 atom stereocenters. The van der Waals surface area contributed by atoms with Gasteiger partial charge < -0.3 is 24.1 Å². The molecular formula is C23H25F3N2O8. The summed E-state index contributed by atoms with van der Waals surface area (Å²) in [6.45, 7) is 1.98. The zero-order valence-corrected chi connectivity index (χ0v) is 19.5. The van der Waals surface area contributed by atoms with Gasteiger partial charge in [0, 0.05) is 19.5 Å². The molecule has 2 aromatic rings. The topological polar surface area (TPSA) is 134 Å². The van der Waals surface area contributed by atoms with Gasteiger partial charge in [0.1, 0.15) is 19.0 Å². The van der Waals surface area contributed by atoms with E-state index in [0.29, 0.717) is 11.1 Å². The Bertz CT molecular complexity index is 1060. The molecule has 0 saturated heterocycles. The first-order valence-electron chi connectivity index (χ1n) is 10.8. The molecule has 1 heterocycles. The van der Waals surface area contributed by atoms with Crippen molar-refractivity contribution in [1.29, 1.82) is 0 Å². The molecule has 0 amide bonds. The van der Waals surface area contributed by atoms with Crippen molar-refractivity contribution in [2.75, 3.05) is 13.2 Å². The number of aromatic nitrogens is 2. The van der Waals surface area contributed by atoms with Gasteiger partial charge in [-0.15, -0.1) is 0 Å². The Morgan fingerprint density at radius 1 is 1.14 bits per heavy atom. The van der Waals surface area contributed by atoms with Crippen molar-refractivity contribution in [2.45, 2.75) is 52.0 Å². The minimum absolute atomic E-state index is 0.0557. The molecule has 196 valence electrons. The van der Waals surface area contributed by atoms with E-state index in [-0.39, 0.29) is 43.5 Å². The summed E-state index contributed by atoms with van der Waals surface area (Å²) in [7, 11) is 0. The van der Waals surface area contributed by atoms with Crippen LogP contribution in [0.4, 0.5) is 13.2 Å². The standard InChI is InChI=1S/C23H25F3N2O8/c1-3-33-21(32)19(36-14(2)29)12-16-10-15(11-20(30)31)4-5-18(16)35-13-17-6-8-27-22(28-17)34-9-7-23(24,25)26/h4-6,8,10,19H,3,7,9,11-13H2,1-2H3,(H,30,31). The lowest BCUT2D eigenvalue weighted by atomic mass is 10.0. The SMILES string of the molecule is CCOC(=O)C(Cc1cc(CC(=O)O)ccc1OCc1ccnc(OCCC(F)(F)F)n1)OC(C)=O. The van der Waals surface area contributed by atoms with Crippen LogP contribution in [0.1, 0.15) is 37.1 Å². The second-order valence-electron chi connectivity index (χ2n) is 7.40. The van der Waals surface area contributed by atoms with E-state index in [1.54, 1.807) is 6.92 Å². The number of aliphatic carboxylic acids is 1. The largest absolute Gasteiger partial charge is 0.487 e. The van der Waals surface area contributed by atoms with Crippen molar-refractivity contribution >= 4 is 17.9 Å². The predicted octanol–water partition coefficient (Wildman–Crippen LogP) is 3.05. The van der Waals surface area contributed by atoms with Crippen molar-refractivity contribution in [2.24, 2.45) is 0 Å². The Morgan fingerprint density at radius 3 is 2.53 bits per heavy atom. The zero-order chi connectivity index (χ0) is 26.7. The van der Waals surface area contributed by atoms with Gasteiger partial charge in [0.15, 0.2) is 0 Å². The minimum Gasteiger partial charge on any atom is -0.487 e. The van der Waals surface area contributed by atoms with E-state index in [9.17, 15) is 27.6 Å². The number of carboxylic acids is 1. The summed E-state index contributed by atoms with van der Waals surface area (Å²) in [6, 6.07) is 5.73. The van der Waals surface area contributed by atoms with Crippen LogP contribution in [0, 0.1) is 0 Å². The average molecular weight is 514 g/mol. The number of esters is 2. The van der Waals surface area contributed by atoms with Crippen molar-refractivity contribution in [3.8, 4) is 11.8 Å². The van der Waals surface area contributed by atoms with Crippen LogP contribution >= 0.6 is 0 Å². The quantitative estimate of drug-likeness (QED) is 0.398. The lowest BCUT2D eigenvalue weighted by Crippen LogP contribution is -2.30. The lowest BCUT2D eigenvalue weighted by molar-refractivity contribution is -0.166. The van der Waals surface area contributed by atoms with E-state index in [0.717, 1.165) is 6.92 Å². The number of nitrogens with zero attached hydrogens (tertiary/aromatic N) is 2. The van der Waals surface area contributed by atoms with Crippen LogP contribution in [-0.2, 0) is 43.3 Å². The number of hydrogen-bond donors (Lipinski definition) is 1. The van der Waals surface area contributed by atoms with Crippen LogP contribution in [0.25, 0.3) is 0 Å². The molecule has 0 aliphatic rings. The first-order chi connectivity index (χ1) is 17.0. The van der Waals surface area contributed by atoms with Gasteiger partial charge in [-0.1, -0.05) is 12.1 Å². The number of carboxylic acid groups (broad SMARTS) is 1. The van der Waals surface area contributed by atoms with Crippen molar-refractivity contribution < 1.29 is 51.6 Å². The zero-order valence-electron chi connectivity index (χ0n) is 19.5. The Kier molecular flexibility index (Phi) is 10.4. The Hall–Kier alpha value is -3.90. The summed E-state index contributed by atoms with van der Waals surface area (Å²) in [5.74, 6) is -2.32. The molecule has 0 saturated carbocycles. The molecule has 1 aromatic heterocycles. The molecule has 0 spiro atoms. The second-order valence-corrected chi connectivity index (χ2v) is 7.40. The third kappa shape index (κ3) is 10.2. The fraction of sp³-hybridized carbons (Fsp3) is 0.435. The molecule has 1 N–H and O–H groups in total. The summed E-state index contributed by atoms with van der Waals surface area (Å²) in [4.78, 5) is 42.7. The Morgan fingerprint density at radius 2 is 1.89 bits per heavy atom. The molecule has 1 unspecified atom stereocenters. The van der Waals surface area contributed by atoms with Crippen LogP contribution in [0.5, 0.6) is 11.8 Å². The molecule has 36 heavy (non-hydrogen) atoms. The maximum atomic E-state index is 12.3. The molecule has 0 fully saturated rings. The number of benzene rings is 1. The average Bonchev–Trinajstić information content (AvgIpc) is 2.77. The van der Waals surface area contributed by atoms with E-state index in [1.165, 1.54) is 30.5 Å². The lowest BCUT2D eigenvalue weighted by Gasteiger charge is -2.18. The molecule has 0 aliphatic heterocycles. The highest BCUT2D eigenvalue weighted by Gasteiger charge is 2.27. The second kappa shape index (κ2) is 13.3. The van der Waals surface area contributed by atoms with Gasteiger partial charge in [0.05, 0.1) is 25.1 Å². The number of carbonyl (C=O) groups excluding carboxylic acids is 2. The van der Waals surface area contributed by atoms with E-state index in [2.05, 4.69) is 9.97 Å². The molecule has 10 nitrogen and oxygen atoms in total. The van der Waals surface area contributed by atoms with E-state index in [4.69, 9.17) is 24.1 Å². The molecule has 2 rings (SSSR count). The van der Waals surface area contributed by atoms with Crippen molar-refractivity contribution in [1.82, 2.24) is 9.97 Å². The van der Waals surface area contributed by atoms with E-state index >= 15 is 0 Å². The number of alkyl halides is 3. The summed E-state index contributed by atoms with van der Waals surface area (Å²) in [5.41, 5.74) is 1.07. The summed E-state index contributed by atoms with van der Waals surface area (Å²) in [5, 5.41) is 9.11. The molecule has 0 aliphatic carbocycles. The van der Waals surface area contributed by atoms with Gasteiger partial charge in [-0.25, -0.2) is 9.78 Å². The summed E-state index contributed by atoms with van der Waals surface area (Å²) >= 11 is 0. The third-order valence-electron chi connectivity index (χ3n) is 4.43. The molecule has 1 aromatic carbocycles. The van der Waals surface area contributed by atoms with E-state index in [1.807, 2.05) is 0 Å². The number of carbonyl (C=O) groups is 3. The highest BCUT2D eigenvalue weighted by Crippen LogP contribution is 2.25. The third-order valence-corrected chi connectivity index (χ3v) is 4.43. The number of ether oxygens (including phenoxy) is 4. The van der Waals surface area contributed by atoms with Gasteiger partial charge in [0.25, 0.3) is 0 Å². The van der Waals surface area contributed by atoms with Crippen LogP contribution in [-0.4, -0.2) is 58.5 Å². The fourth-order valence-electron chi connectivity index (χ4n) is 2.96. The van der Waals surface area contributed by atoms with E-state index < -0.39 is 43.2 Å². The van der Waals surface area contributed by atoms with Gasteiger partial charge in [-0.05, 0) is 30.2 Å². The summed E-state index contributed by atoms with van der Waals surface area (Å²) in [6.07, 6.45) is -5.99. The normalized spacial score (nSPS) is 11.9. The maximum Gasteiger partial charge on any atom is 0.392 e. The minimum atomic E-state index is -4.38. The molecule has 0 bridgehead atoms. The summed E-state index contributed by atoms with van der Waals surface area (Å²) < 4.78 is 57.7. The predicted molar refractivity (Wildman–Crippen MR) is 116 cm³/mol. The number of halogens is 3. The van der Waals surface area contributed by atoms with Gasteiger partial charge in [-0.2, -0.15) is 18.2 Å². The highest BCUT2D eigenvalue weighted by molar-refractivity contribution is 5.79. The monoisotopic (exact) mass is 514 g/mol. The first-order valence-corrected chi connectivity index (χ1v) is 10.8. The van der Waals surface area contributed by atoms with Crippen LogP contribution < -0.4 is 9.47 Å². The maximum absolute atomic E-state index is 12.3. The van der Waals surface area contributed by atoms with Gasteiger partial charge in [0.2, 0.25) is 6.10 Å². The van der Waals surface area contributed by atoms with Crippen molar-refractivity contribution in [3.63, 3.8) is 0 Å². The van der Waals surface area contributed by atoms with Crippen molar-refractivity contribution in [3.05, 3.63) is 47.3 Å². The first kappa shape index (κ1) is 28.3. The van der Waals surface area contributed by atoms with Gasteiger partial charge >= 0.3 is 30.1 Å². The molecule has 0 radical (unpaired) electrons. The molecule has 13 heteroatoms. The number of rotatable bonds is 13. The molecular weight excluding hydrogens is 489 g/mol.